The Morgan fingerprint density at radius 3 is 1.82 bits per heavy atom. The lowest BCUT2D eigenvalue weighted by atomic mass is 9.79. The summed E-state index contributed by atoms with van der Waals surface area (Å²) in [5, 5.41) is 38.6. The summed E-state index contributed by atoms with van der Waals surface area (Å²) in [6.07, 6.45) is 0.397. The molecular formula is C88H128F3N3O16S. The van der Waals surface area contributed by atoms with Crippen LogP contribution in [0.3, 0.4) is 0 Å². The number of nitrogens with one attached hydrogen (secondary N) is 2. The molecule has 4 fully saturated rings. The average molecular weight is 1570 g/mol. The first-order valence-corrected chi connectivity index (χ1v) is 38.9. The van der Waals surface area contributed by atoms with Gasteiger partial charge in [-0.3, -0.25) is 9.59 Å². The number of alkyl halides is 3. The maximum Gasteiger partial charge on any atom is 0.416 e. The van der Waals surface area contributed by atoms with Gasteiger partial charge in [-0.1, -0.05) is 168 Å². The molecule has 9 rings (SSSR count). The van der Waals surface area contributed by atoms with Crippen molar-refractivity contribution in [3.05, 3.63) is 173 Å². The molecule has 19 nitrogen and oxygen atoms in total. The van der Waals surface area contributed by atoms with E-state index in [2.05, 4.69) is 52.2 Å². The standard InChI is InChI=1S/C37H52O8.C36H50O8.C13H18F3N3S.2CH4/c1-7-25(2)19-32(39)34-22-35(40)37(5,45-34)27(4)21-30(38)20-26(3)33(43-23-29-13-15-31(42-6)16-14-29)17-18-36(41)44-24-28-11-9-8-10-12-28;1-6-23(2)16-29(37)30-17-31-35(42-30)25(4)20-36(43-31)19-24(3)34(41-22-27-12-14-28(39-5)15-13-27)32(44-36)18-33(38)40-21-26-10-8-7-9-11-26;1-9-6-10(13(14,15)16)8-11(7-9)18-12(20)17-4-5-19(2)3;;/h8-18,25-27,32-35,39-40H,7,19-24H2,1-6H3;7-15,23-25,29-32,34-35,37H,6,16-22H2,1-5H3;6-8H,4-5H2,1-3H3,(H2,17,18,20);2*1H4/b18-17+;;;;/t25-,26-,27-,32-,33+,34-,35-,37-;23-,24-,25-,29-,30-,31-,32-,34-,35-,36?;;;/m00.../s1. The van der Waals surface area contributed by atoms with Crippen molar-refractivity contribution < 1.29 is 90.2 Å². The minimum absolute atomic E-state index is 0. The predicted molar refractivity (Wildman–Crippen MR) is 432 cm³/mol. The third-order valence-corrected chi connectivity index (χ3v) is 21.5. The first kappa shape index (κ1) is 94.7. The number of carbonyl (C=O) groups is 3. The number of hydrogen-bond donors (Lipinski definition) is 5. The number of thiocarbonyl (C=S) groups is 1. The van der Waals surface area contributed by atoms with Gasteiger partial charge in [-0.05, 0) is 165 Å². The van der Waals surface area contributed by atoms with E-state index < -0.39 is 65.7 Å². The lowest BCUT2D eigenvalue weighted by molar-refractivity contribution is -0.356. The van der Waals surface area contributed by atoms with Gasteiger partial charge in [-0.2, -0.15) is 13.2 Å². The molecule has 4 aliphatic heterocycles. The molecule has 4 aliphatic rings. The maximum atomic E-state index is 13.3. The van der Waals surface area contributed by atoms with Gasteiger partial charge >= 0.3 is 18.1 Å². The van der Waals surface area contributed by atoms with Crippen LogP contribution in [0.5, 0.6) is 11.5 Å². The van der Waals surface area contributed by atoms with Crippen LogP contribution in [0.25, 0.3) is 0 Å². The molecule has 1 unspecified atom stereocenters. The van der Waals surface area contributed by atoms with Gasteiger partial charge in [0.15, 0.2) is 10.9 Å². The molecule has 111 heavy (non-hydrogen) atoms. The Balaban J connectivity index is 0.000000316. The molecule has 618 valence electrons. The highest BCUT2D eigenvalue weighted by molar-refractivity contribution is 7.80. The van der Waals surface area contributed by atoms with Gasteiger partial charge in [0.1, 0.15) is 30.5 Å². The number of rotatable bonds is 34. The summed E-state index contributed by atoms with van der Waals surface area (Å²) in [6.45, 7) is 22.5. The summed E-state index contributed by atoms with van der Waals surface area (Å²) in [7, 11) is 7.11. The zero-order valence-corrected chi connectivity index (χ0v) is 67.0. The second-order valence-electron chi connectivity index (χ2n) is 30.8. The number of aliphatic hydroxyl groups is 3. The van der Waals surface area contributed by atoms with E-state index in [4.69, 9.17) is 59.6 Å². The van der Waals surface area contributed by atoms with Gasteiger partial charge in [0.05, 0.1) is 106 Å². The second kappa shape index (κ2) is 45.9. The number of hydrogen-bond acceptors (Lipinski definition) is 18. The Hall–Kier alpha value is -6.87. The van der Waals surface area contributed by atoms with Gasteiger partial charge in [0.25, 0.3) is 0 Å². The molecule has 1 spiro atoms. The van der Waals surface area contributed by atoms with Crippen molar-refractivity contribution in [1.29, 1.82) is 0 Å². The number of carbonyl (C=O) groups excluding carboxylic acids is 3. The first-order chi connectivity index (χ1) is 51.8. The lowest BCUT2D eigenvalue weighted by Gasteiger charge is -2.52. The number of halogens is 3. The van der Waals surface area contributed by atoms with E-state index >= 15 is 0 Å². The molecule has 5 aromatic carbocycles. The number of aliphatic hydroxyl groups excluding tert-OH is 3. The topological polar surface area (TPSA) is 231 Å². The minimum Gasteiger partial charge on any atom is -0.497 e. The molecule has 23 heteroatoms. The predicted octanol–water partition coefficient (Wildman–Crippen LogP) is 16.6. The fourth-order valence-electron chi connectivity index (χ4n) is 14.4. The lowest BCUT2D eigenvalue weighted by Crippen LogP contribution is -2.59. The fourth-order valence-corrected chi connectivity index (χ4v) is 14.6. The van der Waals surface area contributed by atoms with E-state index in [-0.39, 0.29) is 114 Å². The molecule has 0 bridgehead atoms. The number of ketones is 1. The number of methoxy groups -OCH3 is 2. The van der Waals surface area contributed by atoms with E-state index in [1.54, 1.807) is 33.3 Å². The molecule has 0 aromatic heterocycles. The number of aryl methyl sites for hydroxylation is 1. The number of ether oxygens (including phenoxy) is 10. The summed E-state index contributed by atoms with van der Waals surface area (Å²) in [6, 6.07) is 38.2. The third kappa shape index (κ3) is 30.1. The van der Waals surface area contributed by atoms with Crippen LogP contribution in [-0.4, -0.2) is 157 Å². The largest absolute Gasteiger partial charge is 0.497 e. The molecule has 5 aromatic rings. The molecule has 18 atom stereocenters. The Bertz CT molecular complexity index is 3600. The maximum absolute atomic E-state index is 13.3. The van der Waals surface area contributed by atoms with Crippen LogP contribution < -0.4 is 20.1 Å². The van der Waals surface area contributed by atoms with Crippen molar-refractivity contribution >= 4 is 40.7 Å². The zero-order valence-electron chi connectivity index (χ0n) is 66.2. The quantitative estimate of drug-likeness (QED) is 0.0146. The van der Waals surface area contributed by atoms with E-state index in [0.29, 0.717) is 79.9 Å². The average Bonchev–Trinajstić information content (AvgIpc) is 1.72. The van der Waals surface area contributed by atoms with E-state index in [9.17, 15) is 42.9 Å². The number of benzene rings is 5. The van der Waals surface area contributed by atoms with Gasteiger partial charge in [-0.15, -0.1) is 0 Å². The number of esters is 2. The molecule has 5 N–H and O–H groups in total. The number of nitrogens with zero attached hydrogens (tertiary/aromatic N) is 1. The Morgan fingerprint density at radius 2 is 1.26 bits per heavy atom. The summed E-state index contributed by atoms with van der Waals surface area (Å²) in [5.74, 6) is 0.364. The molecule has 0 saturated carbocycles. The fraction of sp³-hybridized carbons (Fsp3) is 0.591. The molecule has 0 radical (unpaired) electrons. The van der Waals surface area contributed by atoms with Crippen molar-refractivity contribution in [2.75, 3.05) is 46.7 Å². The van der Waals surface area contributed by atoms with Gasteiger partial charge in [0.2, 0.25) is 0 Å². The van der Waals surface area contributed by atoms with Crippen molar-refractivity contribution in [2.24, 2.45) is 35.5 Å². The van der Waals surface area contributed by atoms with E-state index in [1.807, 2.05) is 149 Å². The number of anilines is 1. The highest BCUT2D eigenvalue weighted by atomic mass is 32.1. The van der Waals surface area contributed by atoms with E-state index in [1.165, 1.54) is 6.08 Å². The summed E-state index contributed by atoms with van der Waals surface area (Å²) < 4.78 is 98.7. The Kier molecular flexibility index (Phi) is 39.1. The van der Waals surface area contributed by atoms with Gasteiger partial charge in [0, 0.05) is 63.4 Å². The molecule has 0 aliphatic carbocycles. The smallest absolute Gasteiger partial charge is 0.416 e. The summed E-state index contributed by atoms with van der Waals surface area (Å²) >= 11 is 5.05. The minimum atomic E-state index is -4.36. The van der Waals surface area contributed by atoms with Crippen LogP contribution in [0.15, 0.2) is 140 Å². The zero-order chi connectivity index (χ0) is 79.6. The van der Waals surface area contributed by atoms with Crippen molar-refractivity contribution in [2.45, 2.75) is 260 Å². The van der Waals surface area contributed by atoms with E-state index in [0.717, 1.165) is 65.3 Å². The normalized spacial score (nSPS) is 24.6. The Morgan fingerprint density at radius 1 is 0.712 bits per heavy atom. The second-order valence-corrected chi connectivity index (χ2v) is 31.2. The van der Waals surface area contributed by atoms with Crippen LogP contribution in [0.1, 0.15) is 181 Å². The monoisotopic (exact) mass is 1570 g/mol. The highest BCUT2D eigenvalue weighted by Gasteiger charge is 2.57. The van der Waals surface area contributed by atoms with Gasteiger partial charge in [-0.25, -0.2) is 4.79 Å². The third-order valence-electron chi connectivity index (χ3n) is 21.3. The highest BCUT2D eigenvalue weighted by Crippen LogP contribution is 2.49. The van der Waals surface area contributed by atoms with Crippen LogP contribution in [0, 0.1) is 42.4 Å². The van der Waals surface area contributed by atoms with Crippen LogP contribution in [0.2, 0.25) is 0 Å². The summed E-state index contributed by atoms with van der Waals surface area (Å²) in [4.78, 5) is 41.0. The van der Waals surface area contributed by atoms with Crippen LogP contribution in [-0.2, 0) is 84.9 Å². The SMILES string of the molecule is C.C.CC[C@H](C)C[C@H](O)[C@@H]1C[C@@H]2OC3(C[C@H](C)[C@H](OCc4ccc(OC)cc4)[C@H](CC(=O)OCc4ccccc4)O3)C[C@H](C)[C@@H]2O1.CC[C@H](C)C[C@H](O)[C@@H]1C[C@H](O)[C@](C)([C@@H](C)CC(=O)C[C@H](C)[C@@H](/C=C/C(=O)OCc2ccccc2)OCc2ccc(OC)cc2)O1.Cc1cc(NC(=S)NCCN(C)C)cc(C(F)(F)F)c1. The molecule has 0 amide bonds. The first-order valence-electron chi connectivity index (χ1n) is 38.5. The molecule has 4 saturated heterocycles. The number of Topliss-reactive ketones (excluding diaryl/α,β-unsaturated/α-hetero) is 1. The van der Waals surface area contributed by atoms with Crippen molar-refractivity contribution in [3.8, 4) is 11.5 Å². The number of likely N-dealkylation sites (N-methyl/N-ethyl adjacent to an activating group) is 1. The number of fused-ring (bicyclic) bond motifs is 1. The summed E-state index contributed by atoms with van der Waals surface area (Å²) in [5.41, 5.74) is 3.00. The molecule has 4 heterocycles. The van der Waals surface area contributed by atoms with Crippen molar-refractivity contribution in [3.63, 3.8) is 0 Å². The van der Waals surface area contributed by atoms with Crippen LogP contribution in [0.4, 0.5) is 18.9 Å². The Labute approximate surface area is 664 Å². The van der Waals surface area contributed by atoms with Gasteiger partial charge < -0.3 is 78.2 Å². The van der Waals surface area contributed by atoms with Crippen LogP contribution >= 0.6 is 12.2 Å². The molecular weight excluding hydrogens is 1440 g/mol. The van der Waals surface area contributed by atoms with Crippen molar-refractivity contribution in [1.82, 2.24) is 10.2 Å².